The van der Waals surface area contributed by atoms with Crippen molar-refractivity contribution < 1.29 is 4.74 Å². The molecule has 10 aromatic rings. The van der Waals surface area contributed by atoms with Gasteiger partial charge in [0.2, 0.25) is 0 Å². The van der Waals surface area contributed by atoms with E-state index in [4.69, 9.17) is 4.74 Å². The molecule has 2 aliphatic rings. The fourth-order valence-corrected chi connectivity index (χ4v) is 9.95. The second kappa shape index (κ2) is 12.1. The summed E-state index contributed by atoms with van der Waals surface area (Å²) in [7, 11) is 0. The largest absolute Gasteiger partial charge is 0.456 e. The third kappa shape index (κ3) is 4.42. The van der Waals surface area contributed by atoms with Gasteiger partial charge in [-0.05, 0) is 94.7 Å². The van der Waals surface area contributed by atoms with E-state index < -0.39 is 5.41 Å². The summed E-state index contributed by atoms with van der Waals surface area (Å²) in [4.78, 5) is 2.45. The van der Waals surface area contributed by atoms with Crippen molar-refractivity contribution in [3.8, 4) is 28.3 Å². The molecule has 0 N–H and O–H groups in total. The first kappa shape index (κ1) is 31.9. The van der Waals surface area contributed by atoms with Crippen LogP contribution in [0, 0.1) is 6.92 Å². The van der Waals surface area contributed by atoms with Crippen LogP contribution < -0.4 is 9.64 Å². The Kier molecular flexibility index (Phi) is 6.76. The zero-order chi connectivity index (χ0) is 37.7. The molecule has 9 aromatic carbocycles. The Labute approximate surface area is 331 Å². The van der Waals surface area contributed by atoms with E-state index in [0.29, 0.717) is 0 Å². The Morgan fingerprint density at radius 1 is 0.456 bits per heavy atom. The molecule has 0 bridgehead atoms. The molecule has 2 heterocycles. The Balaban J connectivity index is 1.15. The number of anilines is 3. The zero-order valence-corrected chi connectivity index (χ0v) is 31.4. The molecule has 1 spiro atoms. The van der Waals surface area contributed by atoms with Gasteiger partial charge in [-0.25, -0.2) is 0 Å². The van der Waals surface area contributed by atoms with Crippen LogP contribution in [0.25, 0.3) is 49.4 Å². The van der Waals surface area contributed by atoms with Gasteiger partial charge in [-0.1, -0.05) is 146 Å². The highest BCUT2D eigenvalue weighted by molar-refractivity contribution is 6.10. The summed E-state index contributed by atoms with van der Waals surface area (Å²) in [6, 6.07) is 73.0. The fourth-order valence-electron chi connectivity index (χ4n) is 9.95. The molecule has 3 heteroatoms. The molecular weight excluding hydrogens is 693 g/mol. The molecule has 3 nitrogen and oxygen atoms in total. The van der Waals surface area contributed by atoms with Gasteiger partial charge < -0.3 is 14.2 Å². The number of hydrogen-bond acceptors (Lipinski definition) is 2. The first-order valence-corrected chi connectivity index (χ1v) is 19.7. The van der Waals surface area contributed by atoms with Crippen molar-refractivity contribution in [1.29, 1.82) is 0 Å². The lowest BCUT2D eigenvalue weighted by Crippen LogP contribution is -2.32. The number of aryl methyl sites for hydroxylation is 1. The number of benzene rings is 9. The zero-order valence-electron chi connectivity index (χ0n) is 31.4. The van der Waals surface area contributed by atoms with E-state index in [9.17, 15) is 0 Å². The Morgan fingerprint density at radius 3 is 2.02 bits per heavy atom. The summed E-state index contributed by atoms with van der Waals surface area (Å²) in [6.07, 6.45) is 0. The summed E-state index contributed by atoms with van der Waals surface area (Å²) in [5.74, 6) is 1.82. The van der Waals surface area contributed by atoms with E-state index in [1.54, 1.807) is 0 Å². The highest BCUT2D eigenvalue weighted by Gasteiger charge is 2.51. The minimum absolute atomic E-state index is 0.600. The lowest BCUT2D eigenvalue weighted by atomic mass is 9.65. The van der Waals surface area contributed by atoms with Gasteiger partial charge in [0.25, 0.3) is 0 Å². The highest BCUT2D eigenvalue weighted by Crippen LogP contribution is 2.63. The molecule has 1 aliphatic heterocycles. The van der Waals surface area contributed by atoms with Gasteiger partial charge in [-0.2, -0.15) is 0 Å². The first-order chi connectivity index (χ1) is 28.2. The van der Waals surface area contributed by atoms with Crippen molar-refractivity contribution in [3.63, 3.8) is 0 Å². The average Bonchev–Trinajstić information content (AvgIpc) is 3.75. The van der Waals surface area contributed by atoms with E-state index in [1.165, 1.54) is 60.6 Å². The van der Waals surface area contributed by atoms with E-state index in [2.05, 4.69) is 217 Å². The van der Waals surface area contributed by atoms with E-state index in [0.717, 1.165) is 45.2 Å². The predicted molar refractivity (Wildman–Crippen MR) is 235 cm³/mol. The van der Waals surface area contributed by atoms with E-state index >= 15 is 0 Å². The molecule has 0 amide bonds. The number of aromatic nitrogens is 1. The third-order valence-corrected chi connectivity index (χ3v) is 12.4. The number of rotatable bonds is 4. The van der Waals surface area contributed by atoms with Crippen LogP contribution in [0.5, 0.6) is 11.5 Å². The van der Waals surface area contributed by atoms with Crippen LogP contribution in [0.2, 0.25) is 0 Å². The molecule has 0 saturated heterocycles. The number of fused-ring (bicyclic) bond motifs is 14. The number of ether oxygens (including phenoxy) is 1. The van der Waals surface area contributed by atoms with Crippen LogP contribution in [0.15, 0.2) is 200 Å². The van der Waals surface area contributed by atoms with Crippen molar-refractivity contribution in [2.45, 2.75) is 12.3 Å². The smallest absolute Gasteiger partial charge is 0.140 e. The van der Waals surface area contributed by atoms with Gasteiger partial charge in [-0.3, -0.25) is 0 Å². The van der Waals surface area contributed by atoms with Crippen molar-refractivity contribution in [2.75, 3.05) is 4.90 Å². The summed E-state index contributed by atoms with van der Waals surface area (Å²) in [5, 5.41) is 4.76. The maximum absolute atomic E-state index is 6.94. The van der Waals surface area contributed by atoms with E-state index in [1.807, 2.05) is 0 Å². The summed E-state index contributed by atoms with van der Waals surface area (Å²) < 4.78 is 9.34. The second-order valence-corrected chi connectivity index (χ2v) is 15.3. The van der Waals surface area contributed by atoms with Crippen molar-refractivity contribution in [3.05, 3.63) is 228 Å². The second-order valence-electron chi connectivity index (χ2n) is 15.3. The van der Waals surface area contributed by atoms with Gasteiger partial charge in [0.15, 0.2) is 0 Å². The third-order valence-electron chi connectivity index (χ3n) is 12.4. The Morgan fingerprint density at radius 2 is 1.12 bits per heavy atom. The van der Waals surface area contributed by atoms with Crippen LogP contribution in [0.4, 0.5) is 17.1 Å². The van der Waals surface area contributed by atoms with Crippen LogP contribution in [0.1, 0.15) is 27.8 Å². The first-order valence-electron chi connectivity index (χ1n) is 19.7. The molecule has 1 atom stereocenters. The van der Waals surface area contributed by atoms with Gasteiger partial charge in [0, 0.05) is 50.0 Å². The van der Waals surface area contributed by atoms with Gasteiger partial charge in [-0.15, -0.1) is 0 Å². The minimum atomic E-state index is -0.600. The molecule has 268 valence electrons. The molecule has 0 saturated carbocycles. The maximum Gasteiger partial charge on any atom is 0.140 e. The number of para-hydroxylation sites is 4. The monoisotopic (exact) mass is 728 g/mol. The Hall–Kier alpha value is -7.36. The van der Waals surface area contributed by atoms with Crippen molar-refractivity contribution in [1.82, 2.24) is 4.57 Å². The van der Waals surface area contributed by atoms with Crippen LogP contribution in [-0.2, 0) is 5.41 Å². The van der Waals surface area contributed by atoms with Crippen molar-refractivity contribution >= 4 is 49.6 Å². The molecule has 1 aromatic heterocycles. The SMILES string of the molecule is Cc1ccccc1N(c1ccc2c(c1)C1(c3ccccc3Oc3c1ccc1ccccc31)c1ccccc1-2)c1ccc2c3ccccc3n(-c3ccccc3)c2c1. The molecule has 57 heavy (non-hydrogen) atoms. The fraction of sp³-hybridized carbons (Fsp3) is 0.0370. The lowest BCUT2D eigenvalue weighted by Gasteiger charge is -2.40. The molecule has 1 unspecified atom stereocenters. The number of nitrogens with zero attached hydrogens (tertiary/aromatic N) is 2. The van der Waals surface area contributed by atoms with Crippen LogP contribution >= 0.6 is 0 Å². The van der Waals surface area contributed by atoms with Gasteiger partial charge in [0.05, 0.1) is 16.4 Å². The normalized spacial score (nSPS) is 15.0. The number of hydrogen-bond donors (Lipinski definition) is 0. The highest BCUT2D eigenvalue weighted by atomic mass is 16.5. The lowest BCUT2D eigenvalue weighted by molar-refractivity contribution is 0.441. The average molecular weight is 729 g/mol. The summed E-state index contributed by atoms with van der Waals surface area (Å²) in [5.41, 5.74) is 14.8. The molecule has 1 aliphatic carbocycles. The van der Waals surface area contributed by atoms with Crippen LogP contribution in [-0.4, -0.2) is 4.57 Å². The standard InChI is InChI=1S/C54H36N2O/c1-35-15-5-12-24-49(35)55(39-29-31-44-43-21-9-13-25-50(43)56(51(44)34-39)37-17-3-2-4-18-37)38-28-30-42-41-20-8-10-22-45(41)54(48(42)33-38)46-23-11-14-26-52(46)57-53-40-19-7-6-16-36(40)27-32-47(53)54/h2-34H,1H3. The Bertz CT molecular complexity index is 3250. The van der Waals surface area contributed by atoms with Gasteiger partial charge >= 0.3 is 0 Å². The minimum Gasteiger partial charge on any atom is -0.456 e. The molecular formula is C54H36N2O. The van der Waals surface area contributed by atoms with Gasteiger partial charge in [0.1, 0.15) is 11.5 Å². The summed E-state index contributed by atoms with van der Waals surface area (Å²) in [6.45, 7) is 2.21. The predicted octanol–water partition coefficient (Wildman–Crippen LogP) is 14.2. The van der Waals surface area contributed by atoms with Crippen molar-refractivity contribution in [2.24, 2.45) is 0 Å². The molecule has 12 rings (SSSR count). The maximum atomic E-state index is 6.94. The quantitative estimate of drug-likeness (QED) is 0.180. The molecule has 0 radical (unpaired) electrons. The molecule has 0 fully saturated rings. The van der Waals surface area contributed by atoms with Crippen LogP contribution in [0.3, 0.4) is 0 Å². The topological polar surface area (TPSA) is 17.4 Å². The summed E-state index contributed by atoms with van der Waals surface area (Å²) >= 11 is 0. The van der Waals surface area contributed by atoms with E-state index in [-0.39, 0.29) is 0 Å².